The Balaban J connectivity index is 2.14. The van der Waals surface area contributed by atoms with Crippen LogP contribution in [-0.2, 0) is 6.42 Å². The van der Waals surface area contributed by atoms with Gasteiger partial charge in [0.2, 0.25) is 0 Å². The first-order valence-corrected chi connectivity index (χ1v) is 7.51. The second kappa shape index (κ2) is 6.44. The molecule has 1 heterocycles. The number of alkyl halides is 3. The summed E-state index contributed by atoms with van der Waals surface area (Å²) in [6.45, 7) is 2.50. The summed E-state index contributed by atoms with van der Waals surface area (Å²) in [4.78, 5) is 1.74. The van der Waals surface area contributed by atoms with E-state index in [0.29, 0.717) is 30.1 Å². The Labute approximate surface area is 128 Å². The van der Waals surface area contributed by atoms with Gasteiger partial charge in [-0.2, -0.15) is 13.2 Å². The summed E-state index contributed by atoms with van der Waals surface area (Å²) < 4.78 is 38.6. The van der Waals surface area contributed by atoms with Gasteiger partial charge in [0.25, 0.3) is 0 Å². The van der Waals surface area contributed by atoms with Gasteiger partial charge in [-0.05, 0) is 43.9 Å². The summed E-state index contributed by atoms with van der Waals surface area (Å²) >= 11 is 6.24. The lowest BCUT2D eigenvalue weighted by atomic mass is 9.96. The Hall–Kier alpha value is -0.940. The van der Waals surface area contributed by atoms with E-state index in [4.69, 9.17) is 17.3 Å². The quantitative estimate of drug-likeness (QED) is 0.912. The number of halogens is 4. The van der Waals surface area contributed by atoms with Crippen molar-refractivity contribution in [1.82, 2.24) is 0 Å². The van der Waals surface area contributed by atoms with Gasteiger partial charge < -0.3 is 10.6 Å². The maximum absolute atomic E-state index is 12.9. The Kier molecular flexibility index (Phi) is 5.04. The van der Waals surface area contributed by atoms with Crippen LogP contribution in [0, 0.1) is 5.92 Å². The van der Waals surface area contributed by atoms with Crippen molar-refractivity contribution in [3.63, 3.8) is 0 Å². The lowest BCUT2D eigenvalue weighted by Gasteiger charge is -2.35. The molecule has 2 nitrogen and oxygen atoms in total. The topological polar surface area (TPSA) is 29.3 Å². The van der Waals surface area contributed by atoms with Crippen molar-refractivity contribution >= 4 is 17.3 Å². The fourth-order valence-electron chi connectivity index (χ4n) is 2.77. The van der Waals surface area contributed by atoms with E-state index >= 15 is 0 Å². The van der Waals surface area contributed by atoms with Gasteiger partial charge in [-0.15, -0.1) is 0 Å². The van der Waals surface area contributed by atoms with Crippen LogP contribution in [0.2, 0.25) is 5.02 Å². The standard InChI is InChI=1S/C15H20ClF3N2/c1-10(20)7-11-4-5-14(13(16)8-11)21-6-2-3-12(9-21)15(17,18)19/h4-5,8,10,12H,2-3,6-7,9,20H2,1H3. The van der Waals surface area contributed by atoms with E-state index in [-0.39, 0.29) is 19.0 Å². The van der Waals surface area contributed by atoms with Crippen LogP contribution in [0.25, 0.3) is 0 Å². The predicted molar refractivity (Wildman–Crippen MR) is 79.8 cm³/mol. The molecule has 2 unspecified atom stereocenters. The molecule has 118 valence electrons. The lowest BCUT2D eigenvalue weighted by molar-refractivity contribution is -0.175. The van der Waals surface area contributed by atoms with Crippen molar-refractivity contribution in [2.45, 2.75) is 38.4 Å². The maximum Gasteiger partial charge on any atom is 0.393 e. The molecule has 21 heavy (non-hydrogen) atoms. The van der Waals surface area contributed by atoms with Crippen LogP contribution in [0.15, 0.2) is 18.2 Å². The monoisotopic (exact) mass is 320 g/mol. The highest BCUT2D eigenvalue weighted by Gasteiger charge is 2.42. The van der Waals surface area contributed by atoms with Crippen molar-refractivity contribution in [2.75, 3.05) is 18.0 Å². The van der Waals surface area contributed by atoms with Gasteiger partial charge in [-0.3, -0.25) is 0 Å². The second-order valence-electron chi connectivity index (χ2n) is 5.79. The third kappa shape index (κ3) is 4.27. The molecule has 1 aliphatic rings. The molecule has 1 saturated heterocycles. The summed E-state index contributed by atoms with van der Waals surface area (Å²) in [7, 11) is 0. The third-order valence-corrected chi connectivity index (χ3v) is 4.10. The number of nitrogens with zero attached hydrogens (tertiary/aromatic N) is 1. The first kappa shape index (κ1) is 16.4. The van der Waals surface area contributed by atoms with E-state index in [1.807, 2.05) is 13.0 Å². The summed E-state index contributed by atoms with van der Waals surface area (Å²) in [5.41, 5.74) is 7.43. The largest absolute Gasteiger partial charge is 0.393 e. The molecule has 0 saturated carbocycles. The SMILES string of the molecule is CC(N)Cc1ccc(N2CCCC(C(F)(F)F)C2)c(Cl)c1. The maximum atomic E-state index is 12.9. The first-order valence-electron chi connectivity index (χ1n) is 7.13. The van der Waals surface area contributed by atoms with Crippen LogP contribution >= 0.6 is 11.6 Å². The third-order valence-electron chi connectivity index (χ3n) is 3.79. The minimum atomic E-state index is -4.14. The van der Waals surface area contributed by atoms with Crippen molar-refractivity contribution in [3.8, 4) is 0 Å². The summed E-state index contributed by atoms with van der Waals surface area (Å²) in [6.07, 6.45) is -2.71. The number of piperidine rings is 1. The first-order chi connectivity index (χ1) is 9.77. The smallest absolute Gasteiger partial charge is 0.370 e. The molecule has 0 amide bonds. The van der Waals surface area contributed by atoms with E-state index < -0.39 is 12.1 Å². The number of hydrogen-bond acceptors (Lipinski definition) is 2. The van der Waals surface area contributed by atoms with Gasteiger partial charge in [0, 0.05) is 19.1 Å². The molecule has 6 heteroatoms. The van der Waals surface area contributed by atoms with Crippen LogP contribution in [0.5, 0.6) is 0 Å². The number of nitrogens with two attached hydrogens (primary N) is 1. The molecular weight excluding hydrogens is 301 g/mol. The highest BCUT2D eigenvalue weighted by Crippen LogP contribution is 2.37. The lowest BCUT2D eigenvalue weighted by Crippen LogP contribution is -2.41. The van der Waals surface area contributed by atoms with Crippen LogP contribution in [0.3, 0.4) is 0 Å². The molecule has 1 aromatic rings. The fraction of sp³-hybridized carbons (Fsp3) is 0.600. The number of benzene rings is 1. The van der Waals surface area contributed by atoms with Gasteiger partial charge >= 0.3 is 6.18 Å². The summed E-state index contributed by atoms with van der Waals surface area (Å²) in [6, 6.07) is 5.52. The molecule has 2 atom stereocenters. The zero-order chi connectivity index (χ0) is 15.6. The molecule has 0 aromatic heterocycles. The van der Waals surface area contributed by atoms with Crippen molar-refractivity contribution in [2.24, 2.45) is 11.7 Å². The highest BCUT2D eigenvalue weighted by molar-refractivity contribution is 6.33. The number of anilines is 1. The second-order valence-corrected chi connectivity index (χ2v) is 6.20. The van der Waals surface area contributed by atoms with Gasteiger partial charge in [-0.25, -0.2) is 0 Å². The van der Waals surface area contributed by atoms with Gasteiger partial charge in [-0.1, -0.05) is 17.7 Å². The van der Waals surface area contributed by atoms with Gasteiger partial charge in [0.1, 0.15) is 0 Å². The predicted octanol–water partition coefficient (Wildman–Crippen LogP) is 4.01. The Morgan fingerprint density at radius 2 is 2.14 bits per heavy atom. The van der Waals surface area contributed by atoms with E-state index in [0.717, 1.165) is 5.56 Å². The van der Waals surface area contributed by atoms with Crippen LogP contribution < -0.4 is 10.6 Å². The fourth-order valence-corrected chi connectivity index (χ4v) is 3.09. The van der Waals surface area contributed by atoms with Crippen LogP contribution in [0.4, 0.5) is 18.9 Å². The van der Waals surface area contributed by atoms with Crippen molar-refractivity contribution < 1.29 is 13.2 Å². The minimum absolute atomic E-state index is 0.0180. The average molecular weight is 321 g/mol. The molecule has 1 aromatic carbocycles. The minimum Gasteiger partial charge on any atom is -0.370 e. The van der Waals surface area contributed by atoms with Crippen LogP contribution in [-0.4, -0.2) is 25.3 Å². The average Bonchev–Trinajstić information content (AvgIpc) is 2.37. The molecule has 0 aliphatic carbocycles. The van der Waals surface area contributed by atoms with Gasteiger partial charge in [0.05, 0.1) is 16.6 Å². The Bertz CT molecular complexity index is 488. The highest BCUT2D eigenvalue weighted by atomic mass is 35.5. The van der Waals surface area contributed by atoms with Crippen molar-refractivity contribution in [1.29, 1.82) is 0 Å². The molecule has 0 bridgehead atoms. The van der Waals surface area contributed by atoms with E-state index in [1.54, 1.807) is 17.0 Å². The van der Waals surface area contributed by atoms with Crippen LogP contribution in [0.1, 0.15) is 25.3 Å². The normalized spacial score (nSPS) is 21.4. The number of rotatable bonds is 3. The summed E-state index contributed by atoms with van der Waals surface area (Å²) in [5, 5.41) is 0.496. The van der Waals surface area contributed by atoms with Gasteiger partial charge in [0.15, 0.2) is 0 Å². The van der Waals surface area contributed by atoms with E-state index in [2.05, 4.69) is 0 Å². The molecule has 0 radical (unpaired) electrons. The van der Waals surface area contributed by atoms with E-state index in [9.17, 15) is 13.2 Å². The molecule has 2 N–H and O–H groups in total. The van der Waals surface area contributed by atoms with E-state index in [1.165, 1.54) is 0 Å². The zero-order valence-electron chi connectivity index (χ0n) is 12.0. The number of hydrogen-bond donors (Lipinski definition) is 1. The Morgan fingerprint density at radius 3 is 2.71 bits per heavy atom. The molecular formula is C15H20ClF3N2. The molecule has 1 fully saturated rings. The molecule has 0 spiro atoms. The molecule has 2 rings (SSSR count). The van der Waals surface area contributed by atoms with Crippen molar-refractivity contribution in [3.05, 3.63) is 28.8 Å². The Morgan fingerprint density at radius 1 is 1.43 bits per heavy atom. The summed E-state index contributed by atoms with van der Waals surface area (Å²) in [5.74, 6) is -1.27. The molecule has 1 aliphatic heterocycles. The zero-order valence-corrected chi connectivity index (χ0v) is 12.7.